The van der Waals surface area contributed by atoms with E-state index in [4.69, 9.17) is 14.5 Å². The minimum atomic E-state index is -0.106. The Hall–Kier alpha value is -2.57. The van der Waals surface area contributed by atoms with Crippen LogP contribution < -0.4 is 9.64 Å². The Morgan fingerprint density at radius 1 is 1.20 bits per heavy atom. The van der Waals surface area contributed by atoms with E-state index in [2.05, 4.69) is 6.07 Å². The van der Waals surface area contributed by atoms with Crippen LogP contribution in [0.25, 0.3) is 6.08 Å². The highest BCUT2D eigenvalue weighted by atomic mass is 32.2. The van der Waals surface area contributed by atoms with Crippen molar-refractivity contribution in [3.05, 3.63) is 64.9 Å². The number of thioether (sulfide) groups is 1. The highest BCUT2D eigenvalue weighted by Crippen LogP contribution is 2.32. The lowest BCUT2D eigenvalue weighted by atomic mass is 10.1. The lowest BCUT2D eigenvalue weighted by Gasteiger charge is -2.20. The summed E-state index contributed by atoms with van der Waals surface area (Å²) in [6, 6.07) is 13.8. The second kappa shape index (κ2) is 9.06. The van der Waals surface area contributed by atoms with Crippen LogP contribution in [-0.2, 0) is 9.53 Å². The Balaban J connectivity index is 1.65. The Kier molecular flexibility index (Phi) is 6.25. The van der Waals surface area contributed by atoms with E-state index in [-0.39, 0.29) is 12.0 Å². The molecule has 4 rings (SSSR count). The van der Waals surface area contributed by atoms with Gasteiger partial charge in [0.2, 0.25) is 0 Å². The molecule has 5 nitrogen and oxygen atoms in total. The van der Waals surface area contributed by atoms with Crippen LogP contribution >= 0.6 is 11.8 Å². The molecule has 6 heteroatoms. The Labute approximate surface area is 181 Å². The molecule has 2 heterocycles. The molecule has 1 amide bonds. The van der Waals surface area contributed by atoms with Gasteiger partial charge in [0.15, 0.2) is 5.17 Å². The number of carbonyl (C=O) groups excluding carboxylic acids is 1. The summed E-state index contributed by atoms with van der Waals surface area (Å²) < 4.78 is 11.0. The first-order chi connectivity index (χ1) is 14.5. The molecule has 0 radical (unpaired) electrons. The number of amidine groups is 1. The molecule has 0 bridgehead atoms. The van der Waals surface area contributed by atoms with Gasteiger partial charge < -0.3 is 9.47 Å². The van der Waals surface area contributed by atoms with Gasteiger partial charge in [-0.3, -0.25) is 9.69 Å². The molecule has 0 spiro atoms. The zero-order valence-electron chi connectivity index (χ0n) is 17.6. The average molecular weight is 423 g/mol. The van der Waals surface area contributed by atoms with Gasteiger partial charge in [-0.25, -0.2) is 4.99 Å². The van der Waals surface area contributed by atoms with Crippen LogP contribution in [0.4, 0.5) is 5.69 Å². The lowest BCUT2D eigenvalue weighted by Crippen LogP contribution is -2.31. The van der Waals surface area contributed by atoms with Gasteiger partial charge in [-0.1, -0.05) is 30.0 Å². The highest BCUT2D eigenvalue weighted by Gasteiger charge is 2.33. The van der Waals surface area contributed by atoms with Crippen molar-refractivity contribution in [2.75, 3.05) is 24.4 Å². The number of anilines is 1. The van der Waals surface area contributed by atoms with Gasteiger partial charge in [-0.05, 0) is 73.7 Å². The van der Waals surface area contributed by atoms with Gasteiger partial charge in [0, 0.05) is 12.4 Å². The first-order valence-corrected chi connectivity index (χ1v) is 11.1. The third-order valence-corrected chi connectivity index (χ3v) is 6.21. The second-order valence-electron chi connectivity index (χ2n) is 7.63. The molecule has 0 aliphatic carbocycles. The first kappa shape index (κ1) is 20.7. The van der Waals surface area contributed by atoms with Crippen LogP contribution in [0.15, 0.2) is 53.2 Å². The van der Waals surface area contributed by atoms with E-state index in [1.807, 2.05) is 56.3 Å². The Morgan fingerprint density at radius 2 is 1.93 bits per heavy atom. The van der Waals surface area contributed by atoms with Crippen LogP contribution in [0.2, 0.25) is 0 Å². The fourth-order valence-corrected chi connectivity index (χ4v) is 4.78. The van der Waals surface area contributed by atoms with Crippen LogP contribution in [-0.4, -0.2) is 36.6 Å². The predicted molar refractivity (Wildman–Crippen MR) is 123 cm³/mol. The fraction of sp³-hybridized carbons (Fsp3) is 0.333. The van der Waals surface area contributed by atoms with Crippen molar-refractivity contribution in [3.63, 3.8) is 0 Å². The molecule has 2 aromatic carbocycles. The van der Waals surface area contributed by atoms with Crippen LogP contribution in [0.3, 0.4) is 0 Å². The molecular formula is C24H26N2O3S. The van der Waals surface area contributed by atoms with Crippen molar-refractivity contribution in [1.82, 2.24) is 0 Å². The van der Waals surface area contributed by atoms with Crippen molar-refractivity contribution in [1.29, 1.82) is 0 Å². The summed E-state index contributed by atoms with van der Waals surface area (Å²) in [4.78, 5) is 19.8. The Bertz CT molecular complexity index is 972. The predicted octanol–water partition coefficient (Wildman–Crippen LogP) is 4.97. The number of ether oxygens (including phenoxy) is 2. The van der Waals surface area contributed by atoms with Gasteiger partial charge in [-0.15, -0.1) is 0 Å². The summed E-state index contributed by atoms with van der Waals surface area (Å²) in [6.45, 7) is 4.91. The normalized spacial score (nSPS) is 20.2. The number of rotatable bonds is 5. The van der Waals surface area contributed by atoms with Crippen LogP contribution in [0.1, 0.15) is 29.5 Å². The number of carbonyl (C=O) groups is 1. The molecule has 2 aromatic rings. The number of hydrogen-bond donors (Lipinski definition) is 0. The SMILES string of the molecule is COc1ccc(/C=C2\N=C(SCC3CCCO3)N(c3cc(C)cc(C)c3)C2=O)cc1. The summed E-state index contributed by atoms with van der Waals surface area (Å²) in [5.41, 5.74) is 4.44. The summed E-state index contributed by atoms with van der Waals surface area (Å²) in [6.07, 6.45) is 4.21. The molecule has 1 fully saturated rings. The van der Waals surface area contributed by atoms with Crippen LogP contribution in [0.5, 0.6) is 5.75 Å². The van der Waals surface area contributed by atoms with E-state index >= 15 is 0 Å². The number of aliphatic imine (C=N–C) groups is 1. The number of amides is 1. The minimum absolute atomic E-state index is 0.106. The zero-order valence-corrected chi connectivity index (χ0v) is 18.4. The van der Waals surface area contributed by atoms with E-state index < -0.39 is 0 Å². The maximum absolute atomic E-state index is 13.3. The van der Waals surface area contributed by atoms with Crippen LogP contribution in [0, 0.1) is 13.8 Å². The van der Waals surface area contributed by atoms with E-state index in [0.29, 0.717) is 10.9 Å². The lowest BCUT2D eigenvalue weighted by molar-refractivity contribution is -0.113. The molecule has 30 heavy (non-hydrogen) atoms. The smallest absolute Gasteiger partial charge is 0.283 e. The van der Waals surface area contributed by atoms with Gasteiger partial charge in [-0.2, -0.15) is 0 Å². The second-order valence-corrected chi connectivity index (χ2v) is 8.62. The highest BCUT2D eigenvalue weighted by molar-refractivity contribution is 8.14. The molecule has 2 aliphatic heterocycles. The van der Waals surface area contributed by atoms with E-state index in [1.54, 1.807) is 23.8 Å². The fourth-order valence-electron chi connectivity index (χ4n) is 3.70. The van der Waals surface area contributed by atoms with Gasteiger partial charge in [0.05, 0.1) is 18.9 Å². The van der Waals surface area contributed by atoms with E-state index in [0.717, 1.165) is 53.3 Å². The molecule has 1 atom stereocenters. The molecular weight excluding hydrogens is 396 g/mol. The maximum atomic E-state index is 13.3. The summed E-state index contributed by atoms with van der Waals surface area (Å²) in [5, 5.41) is 0.709. The monoisotopic (exact) mass is 422 g/mol. The van der Waals surface area contributed by atoms with E-state index in [9.17, 15) is 4.79 Å². The molecule has 0 N–H and O–H groups in total. The summed E-state index contributed by atoms with van der Waals surface area (Å²) in [5.74, 6) is 1.47. The molecule has 1 saturated heterocycles. The molecule has 156 valence electrons. The average Bonchev–Trinajstić information content (AvgIpc) is 3.34. The van der Waals surface area contributed by atoms with Gasteiger partial charge in [0.1, 0.15) is 11.4 Å². The Morgan fingerprint density at radius 3 is 2.57 bits per heavy atom. The molecule has 0 aromatic heterocycles. The number of benzene rings is 2. The largest absolute Gasteiger partial charge is 0.497 e. The molecule has 0 saturated carbocycles. The molecule has 2 aliphatic rings. The quantitative estimate of drug-likeness (QED) is 0.639. The van der Waals surface area contributed by atoms with Crippen molar-refractivity contribution in [2.45, 2.75) is 32.8 Å². The topological polar surface area (TPSA) is 51.1 Å². The zero-order chi connectivity index (χ0) is 21.1. The van der Waals surface area contributed by atoms with Crippen molar-refractivity contribution in [3.8, 4) is 5.75 Å². The third kappa shape index (κ3) is 4.60. The van der Waals surface area contributed by atoms with Crippen molar-refractivity contribution < 1.29 is 14.3 Å². The number of nitrogens with zero attached hydrogens (tertiary/aromatic N) is 2. The van der Waals surface area contributed by atoms with Crippen molar-refractivity contribution >= 4 is 34.6 Å². The number of methoxy groups -OCH3 is 1. The molecule has 1 unspecified atom stereocenters. The summed E-state index contributed by atoms with van der Waals surface area (Å²) in [7, 11) is 1.64. The van der Waals surface area contributed by atoms with Gasteiger partial charge in [0.25, 0.3) is 5.91 Å². The number of hydrogen-bond acceptors (Lipinski definition) is 5. The summed E-state index contributed by atoms with van der Waals surface area (Å²) >= 11 is 1.59. The van der Waals surface area contributed by atoms with Gasteiger partial charge >= 0.3 is 0 Å². The van der Waals surface area contributed by atoms with Crippen molar-refractivity contribution in [2.24, 2.45) is 4.99 Å². The van der Waals surface area contributed by atoms with E-state index in [1.165, 1.54) is 0 Å². The maximum Gasteiger partial charge on any atom is 0.283 e. The number of aryl methyl sites for hydroxylation is 2. The standard InChI is InChI=1S/C24H26N2O3S/c1-16-11-17(2)13-19(12-16)26-23(27)22(14-18-6-8-20(28-3)9-7-18)25-24(26)30-15-21-5-4-10-29-21/h6-9,11-14,21H,4-5,10,15H2,1-3H3/b22-14-. The third-order valence-electron chi connectivity index (χ3n) is 5.14. The minimum Gasteiger partial charge on any atom is -0.497 e. The first-order valence-electron chi connectivity index (χ1n) is 10.1.